The van der Waals surface area contributed by atoms with Gasteiger partial charge in [0.05, 0.1) is 4.90 Å². The zero-order valence-corrected chi connectivity index (χ0v) is 10.9. The topological polar surface area (TPSA) is 72.5 Å². The zero-order chi connectivity index (χ0) is 13.1. The van der Waals surface area contributed by atoms with E-state index in [0.29, 0.717) is 11.3 Å². The number of hydrogen-bond donors (Lipinski definition) is 1. The molecule has 0 aliphatic heterocycles. The fourth-order valence-electron chi connectivity index (χ4n) is 1.25. The molecular weight excluding hydrogens is 266 g/mol. The third-order valence-electron chi connectivity index (χ3n) is 2.03. The Morgan fingerprint density at radius 2 is 2.12 bits per heavy atom. The first-order valence-corrected chi connectivity index (χ1v) is 6.99. The van der Waals surface area contributed by atoms with Crippen LogP contribution in [0, 0.1) is 6.92 Å². The van der Waals surface area contributed by atoms with Crippen LogP contribution in [0.15, 0.2) is 23.1 Å². The van der Waals surface area contributed by atoms with E-state index in [1.165, 1.54) is 25.3 Å². The van der Waals surface area contributed by atoms with E-state index in [0.717, 1.165) is 0 Å². The van der Waals surface area contributed by atoms with Gasteiger partial charge in [0.25, 0.3) is 9.05 Å². The maximum Gasteiger partial charge on any atom is 0.261 e. The van der Waals surface area contributed by atoms with Gasteiger partial charge in [0.1, 0.15) is 6.61 Å². The summed E-state index contributed by atoms with van der Waals surface area (Å²) in [7, 11) is 2.87. The summed E-state index contributed by atoms with van der Waals surface area (Å²) >= 11 is 0. The van der Waals surface area contributed by atoms with Crippen molar-refractivity contribution in [2.24, 2.45) is 0 Å². The normalized spacial score (nSPS) is 11.2. The number of carbonyl (C=O) groups excluding carboxylic acids is 1. The number of benzene rings is 1. The molecule has 0 aromatic heterocycles. The van der Waals surface area contributed by atoms with Crippen molar-refractivity contribution in [1.29, 1.82) is 0 Å². The van der Waals surface area contributed by atoms with Crippen LogP contribution in [0.1, 0.15) is 5.56 Å². The molecule has 1 rings (SSSR count). The highest BCUT2D eigenvalue weighted by molar-refractivity contribution is 8.13. The number of nitrogens with one attached hydrogen (secondary N) is 1. The molecule has 0 unspecified atom stereocenters. The van der Waals surface area contributed by atoms with Crippen LogP contribution >= 0.6 is 10.7 Å². The number of carbonyl (C=O) groups is 1. The van der Waals surface area contributed by atoms with Crippen molar-refractivity contribution in [3.63, 3.8) is 0 Å². The molecule has 0 fully saturated rings. The summed E-state index contributed by atoms with van der Waals surface area (Å²) in [4.78, 5) is 11.3. The lowest BCUT2D eigenvalue weighted by atomic mass is 10.2. The quantitative estimate of drug-likeness (QED) is 0.847. The smallest absolute Gasteiger partial charge is 0.261 e. The first-order chi connectivity index (χ1) is 7.84. The molecule has 17 heavy (non-hydrogen) atoms. The summed E-state index contributed by atoms with van der Waals surface area (Å²) < 4.78 is 26.8. The van der Waals surface area contributed by atoms with Gasteiger partial charge in [-0.1, -0.05) is 0 Å². The van der Waals surface area contributed by atoms with E-state index >= 15 is 0 Å². The molecule has 1 aromatic carbocycles. The van der Waals surface area contributed by atoms with Gasteiger partial charge in [0.15, 0.2) is 0 Å². The van der Waals surface area contributed by atoms with Gasteiger partial charge in [-0.25, -0.2) is 8.42 Å². The van der Waals surface area contributed by atoms with Crippen LogP contribution in [-0.2, 0) is 18.6 Å². The van der Waals surface area contributed by atoms with E-state index < -0.39 is 9.05 Å². The number of methoxy groups -OCH3 is 1. The van der Waals surface area contributed by atoms with E-state index in [-0.39, 0.29) is 17.4 Å². The number of rotatable bonds is 4. The maximum absolute atomic E-state index is 11.3. The molecule has 0 aliphatic rings. The lowest BCUT2D eigenvalue weighted by Crippen LogP contribution is -2.17. The van der Waals surface area contributed by atoms with Crippen LogP contribution in [0.3, 0.4) is 0 Å². The summed E-state index contributed by atoms with van der Waals surface area (Å²) in [6.45, 7) is 1.61. The largest absolute Gasteiger partial charge is 0.375 e. The molecule has 0 spiro atoms. The fraction of sp³-hybridized carbons (Fsp3) is 0.300. The predicted molar refractivity (Wildman–Crippen MR) is 64.7 cm³/mol. The van der Waals surface area contributed by atoms with E-state index in [4.69, 9.17) is 10.7 Å². The van der Waals surface area contributed by atoms with Gasteiger partial charge in [0, 0.05) is 23.5 Å². The van der Waals surface area contributed by atoms with Crippen LogP contribution in [0.2, 0.25) is 0 Å². The molecule has 7 heteroatoms. The highest BCUT2D eigenvalue weighted by Crippen LogP contribution is 2.22. The molecule has 1 N–H and O–H groups in total. The van der Waals surface area contributed by atoms with Gasteiger partial charge in [0.2, 0.25) is 5.91 Å². The van der Waals surface area contributed by atoms with Gasteiger partial charge in [-0.15, -0.1) is 0 Å². The molecule has 0 bridgehead atoms. The molecule has 0 atom stereocenters. The van der Waals surface area contributed by atoms with Crippen LogP contribution < -0.4 is 5.32 Å². The molecular formula is C10H12ClNO4S. The summed E-state index contributed by atoms with van der Waals surface area (Å²) in [6.07, 6.45) is 0. The molecule has 0 aliphatic carbocycles. The summed E-state index contributed by atoms with van der Waals surface area (Å²) in [5.41, 5.74) is 1.13. The van der Waals surface area contributed by atoms with Crippen molar-refractivity contribution in [3.8, 4) is 0 Å². The Morgan fingerprint density at radius 1 is 1.47 bits per heavy atom. The molecule has 5 nitrogen and oxygen atoms in total. The Bertz CT molecular complexity index is 527. The summed E-state index contributed by atoms with van der Waals surface area (Å²) in [5, 5.41) is 2.59. The summed E-state index contributed by atoms with van der Waals surface area (Å²) in [6, 6.07) is 4.21. The zero-order valence-electron chi connectivity index (χ0n) is 9.36. The van der Waals surface area contributed by atoms with Crippen LogP contribution in [0.25, 0.3) is 0 Å². The first-order valence-electron chi connectivity index (χ1n) is 4.68. The van der Waals surface area contributed by atoms with Crippen molar-refractivity contribution in [3.05, 3.63) is 23.8 Å². The predicted octanol–water partition coefficient (Wildman–Crippen LogP) is 1.51. The van der Waals surface area contributed by atoms with E-state index in [9.17, 15) is 13.2 Å². The maximum atomic E-state index is 11.3. The number of ether oxygens (including phenoxy) is 1. The van der Waals surface area contributed by atoms with Crippen molar-refractivity contribution in [1.82, 2.24) is 0 Å². The number of halogens is 1. The monoisotopic (exact) mass is 277 g/mol. The Morgan fingerprint density at radius 3 is 2.59 bits per heavy atom. The standard InChI is InChI=1S/C10H12ClNO4S/c1-7-5-8(17(11,14)15)3-4-9(7)12-10(13)6-16-2/h3-5H,6H2,1-2H3,(H,12,13). The molecule has 94 valence electrons. The van der Waals surface area contributed by atoms with Gasteiger partial charge in [-0.05, 0) is 30.7 Å². The number of hydrogen-bond acceptors (Lipinski definition) is 4. The number of anilines is 1. The average Bonchev–Trinajstić information content (AvgIpc) is 2.20. The Balaban J connectivity index is 2.95. The Kier molecular flexibility index (Phi) is 4.50. The van der Waals surface area contributed by atoms with E-state index in [2.05, 4.69) is 10.1 Å². The summed E-state index contributed by atoms with van der Waals surface area (Å²) in [5.74, 6) is -0.308. The van der Waals surface area contributed by atoms with Crippen molar-refractivity contribution in [2.45, 2.75) is 11.8 Å². The van der Waals surface area contributed by atoms with Gasteiger partial charge >= 0.3 is 0 Å². The first kappa shape index (κ1) is 14.0. The van der Waals surface area contributed by atoms with Gasteiger partial charge in [-0.3, -0.25) is 4.79 Å². The van der Waals surface area contributed by atoms with E-state index in [1.807, 2.05) is 0 Å². The second kappa shape index (κ2) is 5.48. The molecule has 0 radical (unpaired) electrons. The van der Waals surface area contributed by atoms with Crippen molar-refractivity contribution in [2.75, 3.05) is 19.0 Å². The van der Waals surface area contributed by atoms with Crippen LogP contribution in [0.5, 0.6) is 0 Å². The third kappa shape index (κ3) is 3.99. The second-order valence-electron chi connectivity index (χ2n) is 3.40. The molecule has 1 aromatic rings. The SMILES string of the molecule is COCC(=O)Nc1ccc(S(=O)(=O)Cl)cc1C. The van der Waals surface area contributed by atoms with Crippen LogP contribution in [0.4, 0.5) is 5.69 Å². The minimum absolute atomic E-state index is 0.00130. The van der Waals surface area contributed by atoms with Gasteiger partial charge < -0.3 is 10.1 Å². The minimum Gasteiger partial charge on any atom is -0.375 e. The molecule has 1 amide bonds. The van der Waals surface area contributed by atoms with Gasteiger partial charge in [-0.2, -0.15) is 0 Å². The van der Waals surface area contributed by atoms with Crippen molar-refractivity contribution < 1.29 is 17.9 Å². The number of aryl methyl sites for hydroxylation is 1. The fourth-order valence-corrected chi connectivity index (χ4v) is 2.08. The molecule has 0 saturated heterocycles. The highest BCUT2D eigenvalue weighted by atomic mass is 35.7. The van der Waals surface area contributed by atoms with Crippen LogP contribution in [-0.4, -0.2) is 28.0 Å². The Labute approximate surface area is 104 Å². The Hall–Kier alpha value is -1.11. The average molecular weight is 278 g/mol. The highest BCUT2D eigenvalue weighted by Gasteiger charge is 2.12. The third-order valence-corrected chi connectivity index (χ3v) is 3.38. The molecule has 0 saturated carbocycles. The molecule has 0 heterocycles. The lowest BCUT2D eigenvalue weighted by Gasteiger charge is -2.08. The minimum atomic E-state index is -3.75. The second-order valence-corrected chi connectivity index (χ2v) is 5.96. The number of amides is 1. The van der Waals surface area contributed by atoms with Crippen molar-refractivity contribution >= 4 is 31.3 Å². The van der Waals surface area contributed by atoms with E-state index in [1.54, 1.807) is 6.92 Å². The lowest BCUT2D eigenvalue weighted by molar-refractivity contribution is -0.119.